The summed E-state index contributed by atoms with van der Waals surface area (Å²) in [4.78, 5) is 13.4. The zero-order valence-electron chi connectivity index (χ0n) is 16.9. The van der Waals surface area contributed by atoms with E-state index in [1.807, 2.05) is 48.5 Å². The number of benzene rings is 3. The minimum absolute atomic E-state index is 0.0512. The molecule has 7 heteroatoms. The second kappa shape index (κ2) is 9.87. The zero-order chi connectivity index (χ0) is 22.5. The quantitative estimate of drug-likeness (QED) is 0.387. The Hall–Kier alpha value is -3.32. The lowest BCUT2D eigenvalue weighted by molar-refractivity contribution is 0.563. The summed E-state index contributed by atoms with van der Waals surface area (Å²) in [5.41, 5.74) is 3.91. The standard InChI is InChI=1S/C25H19ClN2O3S/c26-21-7-4-8-22(15-21)28-25(29)23(14-11-18-5-2-1-3-6-18)24(16-27-28)20-12-9-19(10-13-20)17-32(30)31/h1-16H,17H2,(H,30,31). The highest BCUT2D eigenvalue weighted by atomic mass is 35.5. The highest BCUT2D eigenvalue weighted by molar-refractivity contribution is 7.78. The van der Waals surface area contributed by atoms with Crippen LogP contribution in [-0.2, 0) is 16.8 Å². The Balaban J connectivity index is 1.84. The van der Waals surface area contributed by atoms with E-state index < -0.39 is 11.1 Å². The number of hydrogen-bond acceptors (Lipinski definition) is 3. The van der Waals surface area contributed by atoms with Gasteiger partial charge in [-0.15, -0.1) is 0 Å². The Kier molecular flexibility index (Phi) is 6.75. The maximum Gasteiger partial charge on any atom is 0.279 e. The van der Waals surface area contributed by atoms with Crippen LogP contribution in [-0.4, -0.2) is 18.5 Å². The van der Waals surface area contributed by atoms with E-state index in [1.165, 1.54) is 4.68 Å². The summed E-state index contributed by atoms with van der Waals surface area (Å²) in [6, 6.07) is 23.9. The van der Waals surface area contributed by atoms with E-state index in [2.05, 4.69) is 5.10 Å². The van der Waals surface area contributed by atoms with Crippen LogP contribution in [0.4, 0.5) is 0 Å². The van der Waals surface area contributed by atoms with Gasteiger partial charge in [0.05, 0.1) is 23.2 Å². The van der Waals surface area contributed by atoms with Crippen LogP contribution in [0.2, 0.25) is 5.02 Å². The molecule has 160 valence electrons. The van der Waals surface area contributed by atoms with Crippen LogP contribution in [0, 0.1) is 0 Å². The number of rotatable bonds is 6. The molecule has 1 atom stereocenters. The average Bonchev–Trinajstić information content (AvgIpc) is 2.79. The van der Waals surface area contributed by atoms with Crippen molar-refractivity contribution >= 4 is 34.8 Å². The van der Waals surface area contributed by atoms with E-state index in [9.17, 15) is 9.00 Å². The van der Waals surface area contributed by atoms with Crippen LogP contribution in [0.15, 0.2) is 89.9 Å². The maximum atomic E-state index is 13.4. The molecule has 32 heavy (non-hydrogen) atoms. The molecule has 4 aromatic rings. The second-order valence-corrected chi connectivity index (χ2v) is 8.44. The lowest BCUT2D eigenvalue weighted by atomic mass is 10.0. The predicted molar refractivity (Wildman–Crippen MR) is 130 cm³/mol. The van der Waals surface area contributed by atoms with Crippen LogP contribution in [0.3, 0.4) is 0 Å². The molecule has 0 aliphatic rings. The molecular formula is C25H19ClN2O3S. The van der Waals surface area contributed by atoms with Gasteiger partial charge in [0.25, 0.3) is 5.56 Å². The summed E-state index contributed by atoms with van der Waals surface area (Å²) >= 11 is 4.20. The van der Waals surface area contributed by atoms with Crippen LogP contribution in [0.5, 0.6) is 0 Å². The van der Waals surface area contributed by atoms with Crippen molar-refractivity contribution < 1.29 is 8.76 Å². The average molecular weight is 463 g/mol. The molecule has 0 saturated carbocycles. The van der Waals surface area contributed by atoms with E-state index in [0.717, 1.165) is 16.7 Å². The lowest BCUT2D eigenvalue weighted by Gasteiger charge is -2.11. The molecule has 0 aliphatic heterocycles. The van der Waals surface area contributed by atoms with Crippen molar-refractivity contribution in [3.05, 3.63) is 117 Å². The zero-order valence-corrected chi connectivity index (χ0v) is 18.5. The minimum Gasteiger partial charge on any atom is -0.306 e. The fourth-order valence-electron chi connectivity index (χ4n) is 3.32. The van der Waals surface area contributed by atoms with E-state index in [4.69, 9.17) is 16.2 Å². The molecule has 1 aromatic heterocycles. The summed E-state index contributed by atoms with van der Waals surface area (Å²) < 4.78 is 21.5. The first-order valence-electron chi connectivity index (χ1n) is 9.79. The van der Waals surface area contributed by atoms with Gasteiger partial charge in [-0.1, -0.05) is 78.3 Å². The van der Waals surface area contributed by atoms with Gasteiger partial charge in [-0.3, -0.25) is 4.79 Å². The Morgan fingerprint density at radius 1 is 0.969 bits per heavy atom. The van der Waals surface area contributed by atoms with Crippen LogP contribution in [0.1, 0.15) is 16.7 Å². The van der Waals surface area contributed by atoms with Gasteiger partial charge < -0.3 is 4.55 Å². The van der Waals surface area contributed by atoms with Gasteiger partial charge >= 0.3 is 0 Å². The van der Waals surface area contributed by atoms with E-state index in [0.29, 0.717) is 21.8 Å². The molecule has 1 heterocycles. The smallest absolute Gasteiger partial charge is 0.279 e. The Labute approximate surface area is 192 Å². The van der Waals surface area contributed by atoms with Crippen molar-refractivity contribution in [2.75, 3.05) is 0 Å². The van der Waals surface area contributed by atoms with Gasteiger partial charge in [0.1, 0.15) is 0 Å². The first kappa shape index (κ1) is 21.9. The van der Waals surface area contributed by atoms with Crippen LogP contribution >= 0.6 is 11.6 Å². The summed E-state index contributed by atoms with van der Waals surface area (Å²) in [6.45, 7) is 0. The van der Waals surface area contributed by atoms with Gasteiger partial charge in [-0.2, -0.15) is 9.78 Å². The number of halogens is 1. The fraction of sp³-hybridized carbons (Fsp3) is 0.0400. The van der Waals surface area contributed by atoms with Gasteiger partial charge in [0.2, 0.25) is 0 Å². The first-order valence-corrected chi connectivity index (χ1v) is 11.4. The summed E-state index contributed by atoms with van der Waals surface area (Å²) in [5, 5.41) is 4.89. The van der Waals surface area contributed by atoms with Crippen molar-refractivity contribution in [1.82, 2.24) is 9.78 Å². The Morgan fingerprint density at radius 2 is 1.72 bits per heavy atom. The van der Waals surface area contributed by atoms with E-state index in [-0.39, 0.29) is 11.3 Å². The molecule has 0 radical (unpaired) electrons. The fourth-order valence-corrected chi connectivity index (χ4v) is 3.98. The third-order valence-corrected chi connectivity index (χ3v) is 5.68. The normalized spacial score (nSPS) is 12.2. The highest BCUT2D eigenvalue weighted by Crippen LogP contribution is 2.24. The van der Waals surface area contributed by atoms with E-state index in [1.54, 1.807) is 48.7 Å². The molecule has 1 unspecified atom stereocenters. The predicted octanol–water partition coefficient (Wildman–Crippen LogP) is 5.45. The molecule has 5 nitrogen and oxygen atoms in total. The van der Waals surface area contributed by atoms with Crippen LogP contribution in [0.25, 0.3) is 29.0 Å². The number of aromatic nitrogens is 2. The van der Waals surface area contributed by atoms with Crippen molar-refractivity contribution in [2.45, 2.75) is 5.75 Å². The van der Waals surface area contributed by atoms with Crippen molar-refractivity contribution in [3.63, 3.8) is 0 Å². The summed E-state index contributed by atoms with van der Waals surface area (Å²) in [7, 11) is 0. The van der Waals surface area contributed by atoms with Crippen molar-refractivity contribution in [3.8, 4) is 16.8 Å². The molecule has 0 aliphatic carbocycles. The first-order chi connectivity index (χ1) is 15.5. The second-order valence-electron chi connectivity index (χ2n) is 7.08. The minimum atomic E-state index is -1.91. The Bertz CT molecular complexity index is 1350. The van der Waals surface area contributed by atoms with Crippen molar-refractivity contribution in [2.24, 2.45) is 0 Å². The molecule has 3 aromatic carbocycles. The third kappa shape index (κ3) is 5.11. The van der Waals surface area contributed by atoms with Gasteiger partial charge in [0, 0.05) is 10.6 Å². The van der Waals surface area contributed by atoms with Gasteiger partial charge in [0.15, 0.2) is 11.1 Å². The monoisotopic (exact) mass is 462 g/mol. The summed E-state index contributed by atoms with van der Waals surface area (Å²) in [6.07, 6.45) is 5.31. The van der Waals surface area contributed by atoms with Gasteiger partial charge in [-0.25, -0.2) is 4.21 Å². The molecule has 4 rings (SSSR count). The van der Waals surface area contributed by atoms with Gasteiger partial charge in [-0.05, 0) is 41.0 Å². The Morgan fingerprint density at radius 3 is 2.41 bits per heavy atom. The maximum absolute atomic E-state index is 13.4. The topological polar surface area (TPSA) is 72.2 Å². The molecule has 0 saturated heterocycles. The molecule has 0 bridgehead atoms. The third-order valence-electron chi connectivity index (χ3n) is 4.87. The van der Waals surface area contributed by atoms with Crippen molar-refractivity contribution in [1.29, 1.82) is 0 Å². The molecular weight excluding hydrogens is 444 g/mol. The number of hydrogen-bond donors (Lipinski definition) is 1. The highest BCUT2D eigenvalue weighted by Gasteiger charge is 2.13. The molecule has 0 spiro atoms. The summed E-state index contributed by atoms with van der Waals surface area (Å²) in [5.74, 6) is 0.0512. The molecule has 0 amide bonds. The molecule has 0 fully saturated rings. The largest absolute Gasteiger partial charge is 0.306 e. The van der Waals surface area contributed by atoms with E-state index >= 15 is 0 Å². The van der Waals surface area contributed by atoms with Crippen LogP contribution < -0.4 is 5.56 Å². The number of nitrogens with zero attached hydrogens (tertiary/aromatic N) is 2. The lowest BCUT2D eigenvalue weighted by Crippen LogP contribution is -2.23. The molecule has 1 N–H and O–H groups in total. The SMILES string of the molecule is O=c1c(C=Cc2ccccc2)c(-c2ccc(CS(=O)O)cc2)cnn1-c1cccc(Cl)c1.